The Morgan fingerprint density at radius 3 is 1.38 bits per heavy atom. The van der Waals surface area contributed by atoms with Crippen LogP contribution >= 0.6 is 0 Å². The van der Waals surface area contributed by atoms with Gasteiger partial charge in [0.05, 0.1) is 0 Å². The monoisotopic (exact) mass is 1230 g/mol. The summed E-state index contributed by atoms with van der Waals surface area (Å²) >= 11 is 0. The quantitative estimate of drug-likeness (QED) is 0.0464. The van der Waals surface area contributed by atoms with Crippen LogP contribution in [0.2, 0.25) is 0 Å². The van der Waals surface area contributed by atoms with Gasteiger partial charge in [0.2, 0.25) is 0 Å². The predicted octanol–water partition coefficient (Wildman–Crippen LogP) is 7.86. The molecule has 1 unspecified atom stereocenters. The molecule has 0 bridgehead atoms. The molecule has 2 heterocycles. The van der Waals surface area contributed by atoms with Crippen LogP contribution in [0.25, 0.3) is 0 Å². The second-order valence-corrected chi connectivity index (χ2v) is 25.4. The first-order chi connectivity index (χ1) is 41.9. The van der Waals surface area contributed by atoms with Crippen molar-refractivity contribution < 1.29 is 80.3 Å². The van der Waals surface area contributed by atoms with Crippen LogP contribution in [0.15, 0.2) is 78.9 Å². The molecule has 2 saturated heterocycles. The van der Waals surface area contributed by atoms with Gasteiger partial charge in [-0.2, -0.15) is 0 Å². The minimum absolute atomic E-state index is 0.0273. The molecule has 2 aliphatic heterocycles. The average Bonchev–Trinajstić information content (AvgIpc) is 4.64. The third kappa shape index (κ3) is 21.4. The molecule has 3 aromatic carbocycles. The maximum atomic E-state index is 15.9. The molecule has 6 atom stereocenters. The molecule has 3 amide bonds. The number of nitrogens with zero attached hydrogens (tertiary/aromatic N) is 3. The van der Waals surface area contributed by atoms with Crippen molar-refractivity contribution in [3.05, 3.63) is 107 Å². The topological polar surface area (TPSA) is 223 Å². The summed E-state index contributed by atoms with van der Waals surface area (Å²) < 4.78 is 70.3. The van der Waals surface area contributed by atoms with E-state index in [0.717, 1.165) is 82.8 Å². The van der Waals surface area contributed by atoms with E-state index in [1.165, 1.54) is 55.9 Å². The second kappa shape index (κ2) is 32.1. The number of carbonyl (C=O) groups is 8. The van der Waals surface area contributed by atoms with Crippen molar-refractivity contribution in [1.29, 1.82) is 0 Å². The first-order valence-electron chi connectivity index (χ1n) is 31.0. The number of hydrogen-bond donors (Lipinski definition) is 1. The van der Waals surface area contributed by atoms with Crippen molar-refractivity contribution >= 4 is 47.6 Å². The number of alkyl halides is 2. The Morgan fingerprint density at radius 2 is 0.955 bits per heavy atom. The highest BCUT2D eigenvalue weighted by molar-refractivity contribution is 5.92. The van der Waals surface area contributed by atoms with Gasteiger partial charge >= 0.3 is 29.8 Å². The zero-order valence-electron chi connectivity index (χ0n) is 52.3. The fourth-order valence-corrected chi connectivity index (χ4v) is 11.2. The molecule has 88 heavy (non-hydrogen) atoms. The van der Waals surface area contributed by atoms with E-state index in [2.05, 4.69) is 5.32 Å². The highest BCUT2D eigenvalue weighted by atomic mass is 19.1. The van der Waals surface area contributed by atoms with E-state index in [4.69, 9.17) is 33.2 Å². The van der Waals surface area contributed by atoms with Crippen LogP contribution in [0.4, 0.5) is 8.78 Å². The van der Waals surface area contributed by atoms with Gasteiger partial charge in [0.1, 0.15) is 42.1 Å². The molecule has 0 radical (unpaired) electrons. The molecule has 7 rings (SSSR count). The number of hydrogen-bond acceptors (Lipinski definition) is 16. The first kappa shape index (κ1) is 68.6. The maximum Gasteiger partial charge on any atom is 0.344 e. The molecule has 4 fully saturated rings. The molecule has 2 saturated carbocycles. The number of esters is 5. The number of ether oxygens (including phenoxy) is 7. The molecule has 3 aromatic rings. The Hall–Kier alpha value is -6.84. The van der Waals surface area contributed by atoms with Gasteiger partial charge in [-0.25, -0.2) is 28.0 Å². The molecule has 0 aromatic heterocycles. The smallest absolute Gasteiger partial charge is 0.344 e. The van der Waals surface area contributed by atoms with Crippen LogP contribution < -0.4 is 5.32 Å². The van der Waals surface area contributed by atoms with Crippen LogP contribution in [0.3, 0.4) is 0 Å². The van der Waals surface area contributed by atoms with E-state index in [9.17, 15) is 42.7 Å². The average molecular weight is 1230 g/mol. The second-order valence-electron chi connectivity index (χ2n) is 25.4. The van der Waals surface area contributed by atoms with Crippen LogP contribution in [-0.4, -0.2) is 178 Å². The zero-order chi connectivity index (χ0) is 63.7. The van der Waals surface area contributed by atoms with Gasteiger partial charge in [-0.15, -0.1) is 0 Å². The van der Waals surface area contributed by atoms with Crippen molar-refractivity contribution in [2.24, 2.45) is 11.8 Å². The summed E-state index contributed by atoms with van der Waals surface area (Å²) in [5, 5.41) is 2.79. The molecule has 4 aliphatic rings. The number of carbonyl (C=O) groups excluding carboxylic acids is 8. The van der Waals surface area contributed by atoms with Gasteiger partial charge in [-0.3, -0.25) is 19.2 Å². The van der Waals surface area contributed by atoms with E-state index in [1.807, 2.05) is 54.6 Å². The molecule has 21 heteroatoms. The van der Waals surface area contributed by atoms with E-state index in [-0.39, 0.29) is 56.5 Å². The Kier molecular flexibility index (Phi) is 25.0. The van der Waals surface area contributed by atoms with Gasteiger partial charge in [0, 0.05) is 73.3 Å². The van der Waals surface area contributed by atoms with Crippen molar-refractivity contribution in [3.63, 3.8) is 0 Å². The molecular weight excluding hydrogens is 1140 g/mol. The van der Waals surface area contributed by atoms with Gasteiger partial charge in [0.25, 0.3) is 17.7 Å². The summed E-state index contributed by atoms with van der Waals surface area (Å²) in [4.78, 5) is 116. The zero-order valence-corrected chi connectivity index (χ0v) is 52.3. The summed E-state index contributed by atoms with van der Waals surface area (Å²) in [6.07, 6.45) is 2.59. The Bertz CT molecular complexity index is 2810. The maximum absolute atomic E-state index is 15.9. The van der Waals surface area contributed by atoms with E-state index in [0.29, 0.717) is 43.5 Å². The molecule has 0 spiro atoms. The summed E-state index contributed by atoms with van der Waals surface area (Å²) in [6, 6.07) is 18.8. The first-order valence-corrected chi connectivity index (χ1v) is 31.0. The molecule has 19 nitrogen and oxygen atoms in total. The van der Waals surface area contributed by atoms with Gasteiger partial charge in [0.15, 0.2) is 25.4 Å². The number of halogens is 2. The van der Waals surface area contributed by atoms with Crippen molar-refractivity contribution in [3.8, 4) is 0 Å². The lowest BCUT2D eigenvalue weighted by molar-refractivity contribution is -0.172. The summed E-state index contributed by atoms with van der Waals surface area (Å²) in [5.74, 6) is -6.50. The highest BCUT2D eigenvalue weighted by Gasteiger charge is 2.43. The standard InChI is InChI=1S/C67H90F2N4O15/c1-66(2,68)38-52(70-5)62(78)87-56(36-45-18-22-48(23-19-45)50-26-30-82-31-27-50)60(76)72(7)53(34-43-14-15-43)63(79)85-41-58(74)71(6)55(39-67(3,4)69)65(81)88-57(37-46-20-24-49(25-21-46)51-28-32-83-33-29-51)61(77)73(8)54(35-44-16-17-44)64(80)86-42-59(75)84-40-47-12-10-9-11-13-47/h9-13,18-25,43-44,50-57,70H,14-17,26-42H2,1-8H3/t52-,53-,54-,55-,56?,57+/m0/s1. The van der Waals surface area contributed by atoms with E-state index in [1.54, 1.807) is 24.3 Å². The minimum Gasteiger partial charge on any atom is -0.458 e. The Morgan fingerprint density at radius 1 is 0.523 bits per heavy atom. The number of rotatable bonds is 32. The van der Waals surface area contributed by atoms with Gasteiger partial charge < -0.3 is 53.2 Å². The third-order valence-electron chi connectivity index (χ3n) is 17.0. The van der Waals surface area contributed by atoms with Crippen molar-refractivity contribution in [2.75, 3.05) is 67.8 Å². The minimum atomic E-state index is -2.10. The van der Waals surface area contributed by atoms with Crippen LogP contribution in [-0.2, 0) is 91.0 Å². The lowest BCUT2D eigenvalue weighted by Crippen LogP contribution is -2.53. The fraction of sp³-hybridized carbons (Fsp3) is 0.612. The van der Waals surface area contributed by atoms with Crippen molar-refractivity contribution in [1.82, 2.24) is 20.0 Å². The number of nitrogens with one attached hydrogen (secondary N) is 1. The van der Waals surface area contributed by atoms with Crippen LogP contribution in [0, 0.1) is 11.8 Å². The Labute approximate surface area is 516 Å². The number of likely N-dealkylation sites (N-methyl/N-ethyl adjacent to an activating group) is 4. The van der Waals surface area contributed by atoms with E-state index < -0.39 is 115 Å². The fourth-order valence-electron chi connectivity index (χ4n) is 11.2. The summed E-state index contributed by atoms with van der Waals surface area (Å²) in [6.45, 7) is 5.89. The van der Waals surface area contributed by atoms with E-state index >= 15 is 4.39 Å². The molecule has 482 valence electrons. The SMILES string of the molecule is CN[C@@H](CC(C)(C)F)C(=O)OC(Cc1ccc(C2CCOCC2)cc1)C(=O)N(C)[C@@H](CC1CC1)C(=O)OCC(=O)N(C)[C@@H](CC(C)(C)F)C(=O)O[C@H](Cc1ccc(C2CCOCC2)cc1)C(=O)N(C)[C@@H](CC1CC1)C(=O)OCC(=O)OCc1ccccc1. The van der Waals surface area contributed by atoms with Gasteiger partial charge in [-0.05, 0) is 125 Å². The van der Waals surface area contributed by atoms with Crippen LogP contribution in [0.5, 0.6) is 0 Å². The number of benzene rings is 3. The third-order valence-corrected chi connectivity index (χ3v) is 17.0. The summed E-state index contributed by atoms with van der Waals surface area (Å²) in [5.41, 5.74) is 0.278. The predicted molar refractivity (Wildman–Crippen MR) is 321 cm³/mol. The Balaban J connectivity index is 1.07. The van der Waals surface area contributed by atoms with Crippen molar-refractivity contribution in [2.45, 2.75) is 184 Å². The molecule has 1 N–H and O–H groups in total. The summed E-state index contributed by atoms with van der Waals surface area (Å²) in [7, 11) is 5.46. The highest BCUT2D eigenvalue weighted by Crippen LogP contribution is 2.37. The lowest BCUT2D eigenvalue weighted by Gasteiger charge is -2.33. The van der Waals surface area contributed by atoms with Gasteiger partial charge in [-0.1, -0.05) is 105 Å². The normalized spacial score (nSPS) is 17.8. The lowest BCUT2D eigenvalue weighted by atomic mass is 9.90. The molecule has 2 aliphatic carbocycles. The number of amides is 3. The van der Waals surface area contributed by atoms with Crippen LogP contribution in [0.1, 0.15) is 144 Å². The largest absolute Gasteiger partial charge is 0.458 e. The molecular formula is C67H90F2N4O15.